The fourth-order valence-electron chi connectivity index (χ4n) is 2.37. The fourth-order valence-corrected chi connectivity index (χ4v) is 2.61. The zero-order valence-electron chi connectivity index (χ0n) is 11.1. The number of anilines is 1. The number of benzene rings is 1. The maximum atomic E-state index is 13.4. The lowest BCUT2D eigenvalue weighted by molar-refractivity contribution is -0.136. The van der Waals surface area contributed by atoms with E-state index in [1.807, 2.05) is 5.48 Å². The average molecular weight is 316 g/mol. The van der Waals surface area contributed by atoms with Crippen LogP contribution >= 0.6 is 11.6 Å². The molecule has 2 rings (SSSR count). The summed E-state index contributed by atoms with van der Waals surface area (Å²) in [7, 11) is 0. The van der Waals surface area contributed by atoms with E-state index >= 15 is 0 Å². The Balaban J connectivity index is 2.10. The second-order valence-electron chi connectivity index (χ2n) is 4.90. The quantitative estimate of drug-likeness (QED) is 0.725. The van der Waals surface area contributed by atoms with Gasteiger partial charge in [0.05, 0.1) is 23.7 Å². The maximum absolute atomic E-state index is 13.4. The number of primary amides is 1. The molecule has 4 N–H and O–H groups in total. The van der Waals surface area contributed by atoms with Crippen molar-refractivity contribution in [2.24, 2.45) is 5.73 Å². The highest BCUT2D eigenvalue weighted by Gasteiger charge is 2.38. The van der Waals surface area contributed by atoms with Gasteiger partial charge in [0.1, 0.15) is 12.2 Å². The van der Waals surface area contributed by atoms with Crippen molar-refractivity contribution in [3.63, 3.8) is 0 Å². The Morgan fingerprint density at radius 1 is 1.52 bits per heavy atom. The van der Waals surface area contributed by atoms with E-state index < -0.39 is 18.1 Å². The number of carbonyl (C=O) groups is 2. The van der Waals surface area contributed by atoms with Crippen LogP contribution in [0.1, 0.15) is 12.0 Å². The van der Waals surface area contributed by atoms with Crippen LogP contribution in [0.15, 0.2) is 18.2 Å². The molecule has 6 nitrogen and oxygen atoms in total. The number of rotatable bonds is 4. The summed E-state index contributed by atoms with van der Waals surface area (Å²) < 4.78 is 13.4. The summed E-state index contributed by atoms with van der Waals surface area (Å²) in [5, 5.41) is 9.04. The van der Waals surface area contributed by atoms with Crippen molar-refractivity contribution in [3.05, 3.63) is 28.8 Å². The van der Waals surface area contributed by atoms with Crippen molar-refractivity contribution < 1.29 is 19.2 Å². The molecule has 21 heavy (non-hydrogen) atoms. The van der Waals surface area contributed by atoms with E-state index in [1.54, 1.807) is 6.07 Å². The molecule has 2 atom stereocenters. The van der Waals surface area contributed by atoms with Crippen LogP contribution in [0.2, 0.25) is 5.02 Å². The molecule has 1 heterocycles. The largest absolute Gasteiger partial charge is 0.368 e. The van der Waals surface area contributed by atoms with E-state index in [9.17, 15) is 14.0 Å². The molecular formula is C13H15ClFN3O3. The predicted octanol–water partition coefficient (Wildman–Crippen LogP) is 1.11. The zero-order valence-corrected chi connectivity index (χ0v) is 11.8. The van der Waals surface area contributed by atoms with Gasteiger partial charge in [0.15, 0.2) is 0 Å². The lowest BCUT2D eigenvalue weighted by Crippen LogP contribution is -2.44. The van der Waals surface area contributed by atoms with Gasteiger partial charge in [-0.2, -0.15) is 0 Å². The minimum Gasteiger partial charge on any atom is -0.368 e. The van der Waals surface area contributed by atoms with Gasteiger partial charge in [0.25, 0.3) is 0 Å². The number of halogens is 2. The normalized spacial score (nSPS) is 21.4. The van der Waals surface area contributed by atoms with Crippen molar-refractivity contribution in [1.29, 1.82) is 0 Å². The molecule has 1 aromatic rings. The third-order valence-corrected chi connectivity index (χ3v) is 3.72. The van der Waals surface area contributed by atoms with E-state index in [0.29, 0.717) is 11.3 Å². The van der Waals surface area contributed by atoms with Crippen molar-refractivity contribution in [3.8, 4) is 0 Å². The number of nitrogens with zero attached hydrogens (tertiary/aromatic N) is 1. The minimum atomic E-state index is -1.24. The van der Waals surface area contributed by atoms with Gasteiger partial charge in [-0.3, -0.25) is 20.3 Å². The number of hydrogen-bond acceptors (Lipinski definition) is 4. The number of alkyl halides is 1. The standard InChI is InChI=1S/C13H15ClFN3O3/c14-9-3-7(1-2-10(9)17-21)4-12(19)18-6-8(15)5-11(18)13(16)20/h1-3,8,11,17,21H,4-6H2,(H2,16,20)/t8?,11-/m0/s1. The van der Waals surface area contributed by atoms with Gasteiger partial charge < -0.3 is 10.6 Å². The van der Waals surface area contributed by atoms with Gasteiger partial charge in [-0.1, -0.05) is 17.7 Å². The summed E-state index contributed by atoms with van der Waals surface area (Å²) >= 11 is 5.89. The lowest BCUT2D eigenvalue weighted by Gasteiger charge is -2.21. The molecule has 2 amide bonds. The first-order chi connectivity index (χ1) is 9.92. The molecule has 0 aliphatic carbocycles. The molecule has 114 valence electrons. The second-order valence-corrected chi connectivity index (χ2v) is 5.31. The molecule has 0 saturated carbocycles. The summed E-state index contributed by atoms with van der Waals surface area (Å²) in [6, 6.07) is 3.73. The SMILES string of the molecule is NC(=O)[C@@H]1CC(F)CN1C(=O)Cc1ccc(NO)c(Cl)c1. The van der Waals surface area contributed by atoms with Gasteiger partial charge in [0.2, 0.25) is 11.8 Å². The zero-order chi connectivity index (χ0) is 15.6. The third-order valence-electron chi connectivity index (χ3n) is 3.41. The molecule has 1 aliphatic rings. The summed E-state index contributed by atoms with van der Waals surface area (Å²) in [6.07, 6.45) is -1.33. The van der Waals surface area contributed by atoms with E-state index in [2.05, 4.69) is 0 Å². The molecule has 1 unspecified atom stereocenters. The van der Waals surface area contributed by atoms with Crippen LogP contribution in [-0.2, 0) is 16.0 Å². The van der Waals surface area contributed by atoms with Gasteiger partial charge in [-0.25, -0.2) is 4.39 Å². The van der Waals surface area contributed by atoms with Crippen LogP contribution in [-0.4, -0.2) is 40.7 Å². The Bertz CT molecular complexity index is 570. The van der Waals surface area contributed by atoms with Crippen LogP contribution < -0.4 is 11.2 Å². The van der Waals surface area contributed by atoms with E-state index in [4.69, 9.17) is 22.5 Å². The first-order valence-corrected chi connectivity index (χ1v) is 6.71. The molecular weight excluding hydrogens is 301 g/mol. The predicted molar refractivity (Wildman–Crippen MR) is 74.8 cm³/mol. The number of amides is 2. The number of hydrogen-bond donors (Lipinski definition) is 3. The van der Waals surface area contributed by atoms with E-state index in [0.717, 1.165) is 0 Å². The molecule has 1 aliphatic heterocycles. The van der Waals surface area contributed by atoms with Gasteiger partial charge in [-0.15, -0.1) is 0 Å². The first kappa shape index (κ1) is 15.5. The Labute approximate surface area is 125 Å². The fraction of sp³-hybridized carbons (Fsp3) is 0.385. The molecule has 0 bridgehead atoms. The molecule has 1 aromatic carbocycles. The summed E-state index contributed by atoms with van der Waals surface area (Å²) in [6.45, 7) is -0.129. The molecule has 1 fully saturated rings. The maximum Gasteiger partial charge on any atom is 0.240 e. The molecule has 1 saturated heterocycles. The Morgan fingerprint density at radius 3 is 2.81 bits per heavy atom. The Morgan fingerprint density at radius 2 is 2.24 bits per heavy atom. The van der Waals surface area contributed by atoms with E-state index in [-0.39, 0.29) is 30.3 Å². The van der Waals surface area contributed by atoms with Gasteiger partial charge >= 0.3 is 0 Å². The van der Waals surface area contributed by atoms with Crippen LogP contribution in [0.25, 0.3) is 0 Å². The van der Waals surface area contributed by atoms with Crippen LogP contribution in [0, 0.1) is 0 Å². The highest BCUT2D eigenvalue weighted by molar-refractivity contribution is 6.33. The third kappa shape index (κ3) is 3.43. The van der Waals surface area contributed by atoms with Crippen molar-refractivity contribution in [2.75, 3.05) is 12.0 Å². The van der Waals surface area contributed by atoms with Crippen LogP contribution in [0.4, 0.5) is 10.1 Å². The molecule has 8 heteroatoms. The van der Waals surface area contributed by atoms with Crippen molar-refractivity contribution >= 4 is 29.1 Å². The summed E-state index contributed by atoms with van der Waals surface area (Å²) in [5.74, 6) is -1.10. The van der Waals surface area contributed by atoms with Gasteiger partial charge in [-0.05, 0) is 17.7 Å². The monoisotopic (exact) mass is 315 g/mol. The number of carbonyl (C=O) groups excluding carboxylic acids is 2. The first-order valence-electron chi connectivity index (χ1n) is 6.33. The minimum absolute atomic E-state index is 0.0259. The van der Waals surface area contributed by atoms with Crippen LogP contribution in [0.5, 0.6) is 0 Å². The van der Waals surface area contributed by atoms with E-state index in [1.165, 1.54) is 17.0 Å². The number of nitrogens with two attached hydrogens (primary N) is 1. The summed E-state index contributed by atoms with van der Waals surface area (Å²) in [4.78, 5) is 24.6. The Hall–Kier alpha value is -1.86. The topological polar surface area (TPSA) is 95.7 Å². The Kier molecular flexibility index (Phi) is 4.64. The number of likely N-dealkylation sites (tertiary alicyclic amines) is 1. The van der Waals surface area contributed by atoms with Crippen molar-refractivity contribution in [1.82, 2.24) is 4.90 Å². The van der Waals surface area contributed by atoms with Crippen LogP contribution in [0.3, 0.4) is 0 Å². The molecule has 0 aromatic heterocycles. The number of nitrogens with one attached hydrogen (secondary N) is 1. The van der Waals surface area contributed by atoms with Gasteiger partial charge in [0, 0.05) is 6.42 Å². The molecule has 0 radical (unpaired) electrons. The average Bonchev–Trinajstić information content (AvgIpc) is 2.81. The molecule has 0 spiro atoms. The highest BCUT2D eigenvalue weighted by Crippen LogP contribution is 2.25. The lowest BCUT2D eigenvalue weighted by atomic mass is 10.1. The second kappa shape index (κ2) is 6.28. The summed E-state index contributed by atoms with van der Waals surface area (Å²) in [5.41, 5.74) is 8.01. The smallest absolute Gasteiger partial charge is 0.240 e. The highest BCUT2D eigenvalue weighted by atomic mass is 35.5. The van der Waals surface area contributed by atoms with Crippen molar-refractivity contribution in [2.45, 2.75) is 25.1 Å².